The van der Waals surface area contributed by atoms with Crippen LogP contribution < -0.4 is 10.6 Å². The molecule has 6 rings (SSSR count). The van der Waals surface area contributed by atoms with Crippen LogP contribution >= 0.6 is 22.7 Å². The highest BCUT2D eigenvalue weighted by molar-refractivity contribution is 7.17. The van der Waals surface area contributed by atoms with Crippen molar-refractivity contribution in [3.05, 3.63) is 45.4 Å². The van der Waals surface area contributed by atoms with Crippen LogP contribution in [0.5, 0.6) is 0 Å². The Balaban J connectivity index is 0.923. The molecule has 0 bridgehead atoms. The molecule has 0 atom stereocenters. The molecule has 0 aliphatic heterocycles. The molecule has 0 spiro atoms. The van der Waals surface area contributed by atoms with Crippen LogP contribution in [0, 0.1) is 0 Å². The number of nitrogens with zero attached hydrogens (tertiary/aromatic N) is 2. The van der Waals surface area contributed by atoms with Crippen LogP contribution in [0.4, 0.5) is 11.4 Å². The van der Waals surface area contributed by atoms with Crippen molar-refractivity contribution in [1.29, 1.82) is 0 Å². The lowest BCUT2D eigenvalue weighted by molar-refractivity contribution is 0.609. The predicted octanol–water partition coefficient (Wildman–Crippen LogP) is 8.53. The zero-order valence-electron chi connectivity index (χ0n) is 21.3. The summed E-state index contributed by atoms with van der Waals surface area (Å²) in [5, 5.41) is 14.7. The molecule has 2 N–H and O–H groups in total. The van der Waals surface area contributed by atoms with Gasteiger partial charge in [-0.2, -0.15) is 0 Å². The fourth-order valence-electron chi connectivity index (χ4n) is 6.08. The van der Waals surface area contributed by atoms with Crippen molar-refractivity contribution in [2.24, 2.45) is 0 Å². The van der Waals surface area contributed by atoms with E-state index < -0.39 is 0 Å². The molecule has 0 aromatic carbocycles. The van der Waals surface area contributed by atoms with Gasteiger partial charge in [0, 0.05) is 46.6 Å². The summed E-state index contributed by atoms with van der Waals surface area (Å²) in [6.07, 6.45) is 17.6. The van der Waals surface area contributed by atoms with Crippen LogP contribution in [0.15, 0.2) is 22.9 Å². The monoisotopic (exact) mass is 518 g/mol. The second-order valence-corrected chi connectivity index (χ2v) is 12.3. The van der Waals surface area contributed by atoms with Crippen molar-refractivity contribution in [2.45, 2.75) is 89.9 Å². The number of hydrogen-bond donors (Lipinski definition) is 2. The van der Waals surface area contributed by atoms with Gasteiger partial charge in [-0.3, -0.25) is 0 Å². The van der Waals surface area contributed by atoms with Crippen LogP contribution in [0.1, 0.15) is 86.7 Å². The number of pyridine rings is 2. The van der Waals surface area contributed by atoms with E-state index in [4.69, 9.17) is 9.97 Å². The molecule has 4 heterocycles. The fourth-order valence-corrected chi connectivity index (χ4v) is 7.66. The number of fused-ring (bicyclic) bond motifs is 4. The van der Waals surface area contributed by atoms with Crippen molar-refractivity contribution < 1.29 is 0 Å². The fraction of sp³-hybridized carbons (Fsp3) is 0.533. The largest absolute Gasteiger partial charge is 0.384 e. The molecule has 0 saturated heterocycles. The molecule has 6 heteroatoms. The van der Waals surface area contributed by atoms with Gasteiger partial charge in [0.25, 0.3) is 0 Å². The van der Waals surface area contributed by atoms with Gasteiger partial charge < -0.3 is 10.6 Å². The summed E-state index contributed by atoms with van der Waals surface area (Å²) in [7, 11) is 0. The second-order valence-electron chi connectivity index (χ2n) is 10.5. The lowest BCUT2D eigenvalue weighted by atomic mass is 9.93. The van der Waals surface area contributed by atoms with Gasteiger partial charge in [0.15, 0.2) is 0 Å². The van der Waals surface area contributed by atoms with E-state index in [1.807, 2.05) is 0 Å². The quantitative estimate of drug-likeness (QED) is 0.195. The average molecular weight is 519 g/mol. The molecule has 4 nitrogen and oxygen atoms in total. The number of thiophene rings is 2. The van der Waals surface area contributed by atoms with E-state index in [-0.39, 0.29) is 0 Å². The smallest absolute Gasteiger partial charge is 0.125 e. The molecule has 0 unspecified atom stereocenters. The topological polar surface area (TPSA) is 49.8 Å². The first-order chi connectivity index (χ1) is 17.9. The van der Waals surface area contributed by atoms with E-state index in [1.165, 1.54) is 131 Å². The zero-order valence-corrected chi connectivity index (χ0v) is 23.0. The number of aryl methyl sites for hydroxylation is 2. The molecular formula is C30H38N4S2. The first-order valence-electron chi connectivity index (χ1n) is 14.1. The average Bonchev–Trinajstić information content (AvgIpc) is 3.58. The molecule has 2 aliphatic carbocycles. The Morgan fingerprint density at radius 2 is 1.03 bits per heavy atom. The number of unbranched alkanes of at least 4 members (excludes halogenated alkanes) is 5. The van der Waals surface area contributed by atoms with E-state index in [2.05, 4.69) is 33.5 Å². The Bertz CT molecular complexity index is 1220. The summed E-state index contributed by atoms with van der Waals surface area (Å²) < 4.78 is 0. The van der Waals surface area contributed by atoms with Gasteiger partial charge in [-0.15, -0.1) is 22.7 Å². The van der Waals surface area contributed by atoms with Gasteiger partial charge in [-0.1, -0.05) is 25.7 Å². The molecule has 0 saturated carbocycles. The summed E-state index contributed by atoms with van der Waals surface area (Å²) in [5.41, 5.74) is 8.46. The zero-order chi connectivity index (χ0) is 24.2. The van der Waals surface area contributed by atoms with Gasteiger partial charge >= 0.3 is 0 Å². The molecule has 2 aliphatic rings. The third-order valence-corrected chi connectivity index (χ3v) is 9.60. The van der Waals surface area contributed by atoms with Crippen LogP contribution in [-0.4, -0.2) is 23.1 Å². The van der Waals surface area contributed by atoms with Crippen LogP contribution in [0.2, 0.25) is 0 Å². The first-order valence-corrected chi connectivity index (χ1v) is 15.9. The third kappa shape index (κ3) is 5.12. The van der Waals surface area contributed by atoms with E-state index in [9.17, 15) is 0 Å². The number of nitrogens with one attached hydrogen (secondary N) is 2. The number of anilines is 2. The van der Waals surface area contributed by atoms with Crippen molar-refractivity contribution in [3.8, 4) is 0 Å². The molecule has 4 aromatic heterocycles. The van der Waals surface area contributed by atoms with E-state index in [1.54, 1.807) is 22.7 Å². The Kier molecular flexibility index (Phi) is 7.70. The van der Waals surface area contributed by atoms with Crippen LogP contribution in [0.25, 0.3) is 20.4 Å². The Morgan fingerprint density at radius 1 is 0.583 bits per heavy atom. The Labute approximate surface area is 222 Å². The van der Waals surface area contributed by atoms with Crippen LogP contribution in [0.3, 0.4) is 0 Å². The maximum Gasteiger partial charge on any atom is 0.125 e. The normalized spacial score (nSPS) is 15.2. The summed E-state index contributed by atoms with van der Waals surface area (Å²) >= 11 is 3.56. The highest BCUT2D eigenvalue weighted by Crippen LogP contribution is 2.36. The minimum atomic E-state index is 1.08. The number of aromatic nitrogens is 2. The molecular weight excluding hydrogens is 480 g/mol. The van der Waals surface area contributed by atoms with Gasteiger partial charge in [0.1, 0.15) is 9.66 Å². The van der Waals surface area contributed by atoms with Gasteiger partial charge in [0.05, 0.1) is 0 Å². The molecule has 0 radical (unpaired) electrons. The molecule has 4 aromatic rings. The van der Waals surface area contributed by atoms with Crippen molar-refractivity contribution in [2.75, 3.05) is 23.7 Å². The minimum Gasteiger partial charge on any atom is -0.384 e. The molecule has 36 heavy (non-hydrogen) atoms. The van der Waals surface area contributed by atoms with Crippen molar-refractivity contribution in [1.82, 2.24) is 9.97 Å². The van der Waals surface area contributed by atoms with Crippen LogP contribution in [-0.2, 0) is 25.7 Å². The lowest BCUT2D eigenvalue weighted by Gasteiger charge is -2.20. The van der Waals surface area contributed by atoms with Gasteiger partial charge in [-0.25, -0.2) is 9.97 Å². The summed E-state index contributed by atoms with van der Waals surface area (Å²) in [6, 6.07) is 4.51. The Hall–Kier alpha value is -2.18. The summed E-state index contributed by atoms with van der Waals surface area (Å²) in [6.45, 7) is 2.15. The summed E-state index contributed by atoms with van der Waals surface area (Å²) in [5.74, 6) is 0. The molecule has 190 valence electrons. The standard InChI is InChI=1S/C30H38N4S2/c1(3-9-17-31-27-21-11-5-7-13-25(21)33-29-23(27)15-19-35-29)2-4-10-18-32-28-22-12-6-8-14-26(22)34-30-24(28)16-20-36-30/h15-16,19-20H,1-14,17-18H2,(H,31,33)(H,32,34). The number of rotatable bonds is 11. The van der Waals surface area contributed by atoms with Crippen molar-refractivity contribution >= 4 is 54.5 Å². The molecule has 0 fully saturated rings. The predicted molar refractivity (Wildman–Crippen MR) is 157 cm³/mol. The van der Waals surface area contributed by atoms with E-state index in [0.717, 1.165) is 25.9 Å². The van der Waals surface area contributed by atoms with E-state index >= 15 is 0 Å². The molecule has 0 amide bonds. The summed E-state index contributed by atoms with van der Waals surface area (Å²) in [4.78, 5) is 12.3. The van der Waals surface area contributed by atoms with Crippen molar-refractivity contribution in [3.63, 3.8) is 0 Å². The highest BCUT2D eigenvalue weighted by Gasteiger charge is 2.19. The van der Waals surface area contributed by atoms with Gasteiger partial charge in [-0.05, 0) is 98.2 Å². The van der Waals surface area contributed by atoms with E-state index in [0.29, 0.717) is 0 Å². The maximum atomic E-state index is 4.95. The lowest BCUT2D eigenvalue weighted by Crippen LogP contribution is -2.12. The van der Waals surface area contributed by atoms with Gasteiger partial charge in [0.2, 0.25) is 0 Å². The highest BCUT2D eigenvalue weighted by atomic mass is 32.1. The second kappa shape index (κ2) is 11.5. The SMILES string of the molecule is c1cc2c(NCCCCCCCCNc3c4c(nc5sccc35)CCCC4)c3c(nc2s1)CCCC3. The maximum absolute atomic E-state index is 4.95. The minimum absolute atomic E-state index is 1.08. The Morgan fingerprint density at radius 3 is 1.53 bits per heavy atom. The first kappa shape index (κ1) is 24.2. The third-order valence-electron chi connectivity index (χ3n) is 7.99. The number of hydrogen-bond acceptors (Lipinski definition) is 6.